The maximum Gasteiger partial charge on any atom is 0.340 e. The van der Waals surface area contributed by atoms with E-state index in [4.69, 9.17) is 9.26 Å². The van der Waals surface area contributed by atoms with Gasteiger partial charge in [0.2, 0.25) is 15.8 Å². The first-order valence-electron chi connectivity index (χ1n) is 9.68. The van der Waals surface area contributed by atoms with Crippen LogP contribution in [0.2, 0.25) is 0 Å². The fraction of sp³-hybridized carbons (Fsp3) is 0.286. The monoisotopic (exact) mass is 463 g/mol. The van der Waals surface area contributed by atoms with Crippen molar-refractivity contribution < 1.29 is 31.6 Å². The van der Waals surface area contributed by atoms with Gasteiger partial charge >= 0.3 is 5.97 Å². The van der Waals surface area contributed by atoms with E-state index in [9.17, 15) is 17.6 Å². The van der Waals surface area contributed by atoms with Crippen molar-refractivity contribution in [3.8, 4) is 28.6 Å². The molecule has 9 nitrogen and oxygen atoms in total. The highest BCUT2D eigenvalue weighted by atomic mass is 32.2. The molecule has 2 aromatic carbocycles. The predicted molar refractivity (Wildman–Crippen MR) is 115 cm³/mol. The van der Waals surface area contributed by atoms with Crippen molar-refractivity contribution in [1.29, 1.82) is 0 Å². The van der Waals surface area contributed by atoms with Gasteiger partial charge in [-0.15, -0.1) is 0 Å². The first kappa shape index (κ1) is 23.2. The number of esters is 1. The third-order valence-electron chi connectivity index (χ3n) is 4.34. The summed E-state index contributed by atoms with van der Waals surface area (Å²) in [4.78, 5) is 15.8. The summed E-state index contributed by atoms with van der Waals surface area (Å²) in [6, 6.07) is 8.59. The van der Waals surface area contributed by atoms with E-state index in [1.807, 2.05) is 6.92 Å². The molecule has 0 radical (unpaired) electrons. The molecule has 170 valence electrons. The van der Waals surface area contributed by atoms with E-state index in [2.05, 4.69) is 19.6 Å². The summed E-state index contributed by atoms with van der Waals surface area (Å²) in [5.74, 6) is -1.03. The third-order valence-corrected chi connectivity index (χ3v) is 4.93. The Balaban J connectivity index is 1.91. The highest BCUT2D eigenvalue weighted by molar-refractivity contribution is 7.92. The number of halogens is 1. The van der Waals surface area contributed by atoms with Gasteiger partial charge in [-0.1, -0.05) is 18.5 Å². The highest BCUT2D eigenvalue weighted by Crippen LogP contribution is 2.32. The molecule has 0 amide bonds. The minimum atomic E-state index is -3.56. The van der Waals surface area contributed by atoms with Gasteiger partial charge in [-0.3, -0.25) is 4.72 Å². The molecule has 0 unspecified atom stereocenters. The van der Waals surface area contributed by atoms with Gasteiger partial charge in [-0.05, 0) is 42.8 Å². The van der Waals surface area contributed by atoms with Gasteiger partial charge in [-0.2, -0.15) is 4.98 Å². The Labute approximate surface area is 184 Å². The molecule has 0 fully saturated rings. The van der Waals surface area contributed by atoms with Crippen molar-refractivity contribution in [2.45, 2.75) is 19.8 Å². The van der Waals surface area contributed by atoms with Crippen molar-refractivity contribution in [3.05, 3.63) is 47.8 Å². The third kappa shape index (κ3) is 5.61. The van der Waals surface area contributed by atoms with Gasteiger partial charge in [-0.25, -0.2) is 17.6 Å². The number of unbranched alkanes of at least 4 members (excludes halogenated alkanes) is 1. The standard InChI is InChI=1S/C21H22FN3O6S/c1-4-5-10-30-18-9-7-14(12-17(18)25-32(3,27)28)20-23-19(24-31-20)13-6-8-15(16(22)11-13)21(26)29-2/h6-9,11-12,25H,4-5,10H2,1-3H3. The molecule has 1 aromatic heterocycles. The summed E-state index contributed by atoms with van der Waals surface area (Å²) < 4.78 is 55.6. The summed E-state index contributed by atoms with van der Waals surface area (Å²) in [5, 5.41) is 3.85. The second-order valence-electron chi connectivity index (χ2n) is 6.90. The average molecular weight is 463 g/mol. The minimum absolute atomic E-state index is 0.0918. The van der Waals surface area contributed by atoms with Crippen molar-refractivity contribution in [2.75, 3.05) is 24.7 Å². The number of hydrogen-bond donors (Lipinski definition) is 1. The van der Waals surface area contributed by atoms with Crippen LogP contribution in [0, 0.1) is 5.82 Å². The minimum Gasteiger partial charge on any atom is -0.491 e. The van der Waals surface area contributed by atoms with Gasteiger partial charge in [0.25, 0.3) is 5.89 Å². The molecule has 0 saturated heterocycles. The summed E-state index contributed by atoms with van der Waals surface area (Å²) in [7, 11) is -2.40. The molecule has 32 heavy (non-hydrogen) atoms. The summed E-state index contributed by atoms with van der Waals surface area (Å²) in [6.07, 6.45) is 2.78. The number of nitrogens with one attached hydrogen (secondary N) is 1. The number of nitrogens with zero attached hydrogens (tertiary/aromatic N) is 2. The molecule has 1 heterocycles. The number of carbonyl (C=O) groups excluding carboxylic acids is 1. The van der Waals surface area contributed by atoms with E-state index in [0.717, 1.165) is 32.3 Å². The summed E-state index contributed by atoms with van der Waals surface area (Å²) in [6.45, 7) is 2.45. The van der Waals surface area contributed by atoms with Crippen LogP contribution in [-0.2, 0) is 14.8 Å². The molecule has 0 aliphatic heterocycles. The van der Waals surface area contributed by atoms with Crippen LogP contribution in [0.25, 0.3) is 22.8 Å². The Morgan fingerprint density at radius 1 is 1.19 bits per heavy atom. The zero-order valence-corrected chi connectivity index (χ0v) is 18.5. The number of aromatic nitrogens is 2. The number of anilines is 1. The Morgan fingerprint density at radius 3 is 2.59 bits per heavy atom. The molecule has 3 aromatic rings. The number of sulfonamides is 1. The van der Waals surface area contributed by atoms with E-state index in [1.165, 1.54) is 18.2 Å². The maximum atomic E-state index is 14.2. The first-order valence-corrected chi connectivity index (χ1v) is 11.6. The van der Waals surface area contributed by atoms with Gasteiger partial charge < -0.3 is 14.0 Å². The lowest BCUT2D eigenvalue weighted by molar-refractivity contribution is 0.0595. The molecule has 11 heteroatoms. The second-order valence-corrected chi connectivity index (χ2v) is 8.64. The van der Waals surface area contributed by atoms with Crippen LogP contribution in [0.3, 0.4) is 0 Å². The van der Waals surface area contributed by atoms with Crippen LogP contribution in [0.5, 0.6) is 5.75 Å². The smallest absolute Gasteiger partial charge is 0.340 e. The molecular formula is C21H22FN3O6S. The number of rotatable bonds is 9. The molecule has 0 aliphatic rings. The Bertz CT molecular complexity index is 1230. The molecule has 0 aliphatic carbocycles. The van der Waals surface area contributed by atoms with Crippen molar-refractivity contribution in [2.24, 2.45) is 0 Å². The number of carbonyl (C=O) groups is 1. The molecule has 0 spiro atoms. The predicted octanol–water partition coefficient (Wildman–Crippen LogP) is 3.88. The number of methoxy groups -OCH3 is 1. The first-order chi connectivity index (χ1) is 15.2. The normalized spacial score (nSPS) is 11.2. The van der Waals surface area contributed by atoms with Crippen molar-refractivity contribution >= 4 is 21.7 Å². The summed E-state index contributed by atoms with van der Waals surface area (Å²) in [5.41, 5.74) is 0.744. The van der Waals surface area contributed by atoms with E-state index in [-0.39, 0.29) is 23.0 Å². The quantitative estimate of drug-likeness (QED) is 0.375. The zero-order valence-electron chi connectivity index (χ0n) is 17.7. The van der Waals surface area contributed by atoms with Crippen molar-refractivity contribution in [3.63, 3.8) is 0 Å². The van der Waals surface area contributed by atoms with Gasteiger partial charge in [0.05, 0.1) is 31.2 Å². The number of ether oxygens (including phenoxy) is 2. The molecule has 1 N–H and O–H groups in total. The number of benzene rings is 2. The molecule has 0 bridgehead atoms. The Morgan fingerprint density at radius 2 is 1.94 bits per heavy atom. The lowest BCUT2D eigenvalue weighted by Gasteiger charge is -2.13. The van der Waals surface area contributed by atoms with Crippen LogP contribution in [-0.4, -0.2) is 44.5 Å². The fourth-order valence-electron chi connectivity index (χ4n) is 2.78. The Hall–Kier alpha value is -3.47. The van der Waals surface area contributed by atoms with Gasteiger partial charge in [0.15, 0.2) is 0 Å². The van der Waals surface area contributed by atoms with Gasteiger partial charge in [0.1, 0.15) is 11.6 Å². The topological polar surface area (TPSA) is 121 Å². The lowest BCUT2D eigenvalue weighted by Crippen LogP contribution is -2.11. The Kier molecular flexibility index (Phi) is 7.08. The lowest BCUT2D eigenvalue weighted by atomic mass is 10.1. The molecule has 0 atom stereocenters. The summed E-state index contributed by atoms with van der Waals surface area (Å²) >= 11 is 0. The van der Waals surface area contributed by atoms with Crippen LogP contribution in [0.1, 0.15) is 30.1 Å². The maximum absolute atomic E-state index is 14.2. The molecule has 0 saturated carbocycles. The van der Waals surface area contributed by atoms with Crippen LogP contribution < -0.4 is 9.46 Å². The largest absolute Gasteiger partial charge is 0.491 e. The second kappa shape index (κ2) is 9.77. The number of hydrogen-bond acceptors (Lipinski definition) is 8. The zero-order chi connectivity index (χ0) is 23.3. The highest BCUT2D eigenvalue weighted by Gasteiger charge is 2.18. The van der Waals surface area contributed by atoms with Crippen LogP contribution in [0.15, 0.2) is 40.9 Å². The molecule has 3 rings (SSSR count). The van der Waals surface area contributed by atoms with Gasteiger partial charge in [0, 0.05) is 11.1 Å². The molecular weight excluding hydrogens is 441 g/mol. The van der Waals surface area contributed by atoms with Crippen molar-refractivity contribution in [1.82, 2.24) is 10.1 Å². The SMILES string of the molecule is CCCCOc1ccc(-c2nc(-c3ccc(C(=O)OC)c(F)c3)no2)cc1NS(C)(=O)=O. The van der Waals surface area contributed by atoms with E-state index < -0.39 is 21.8 Å². The van der Waals surface area contributed by atoms with E-state index >= 15 is 0 Å². The average Bonchev–Trinajstić information content (AvgIpc) is 3.23. The van der Waals surface area contributed by atoms with E-state index in [0.29, 0.717) is 23.5 Å². The van der Waals surface area contributed by atoms with E-state index in [1.54, 1.807) is 12.1 Å². The fourth-order valence-corrected chi connectivity index (χ4v) is 3.34. The van der Waals surface area contributed by atoms with Crippen LogP contribution in [0.4, 0.5) is 10.1 Å². The van der Waals surface area contributed by atoms with Crippen LogP contribution >= 0.6 is 0 Å².